The summed E-state index contributed by atoms with van der Waals surface area (Å²) >= 11 is 0. The first-order chi connectivity index (χ1) is 16.2. The van der Waals surface area contributed by atoms with Crippen molar-refractivity contribution in [3.63, 3.8) is 0 Å². The quantitative estimate of drug-likeness (QED) is 0.388. The van der Waals surface area contributed by atoms with Crippen LogP contribution in [0.5, 0.6) is 23.0 Å². The average molecular weight is 484 g/mol. The highest BCUT2D eigenvalue weighted by atomic mass is 35.5. The Morgan fingerprint density at radius 1 is 0.765 bits per heavy atom. The van der Waals surface area contributed by atoms with E-state index in [-0.39, 0.29) is 12.4 Å². The molecular formula is C28H34ClNO4. The van der Waals surface area contributed by atoms with Gasteiger partial charge in [0.2, 0.25) is 0 Å². The van der Waals surface area contributed by atoms with Gasteiger partial charge in [0.25, 0.3) is 0 Å². The lowest BCUT2D eigenvalue weighted by molar-refractivity contribution is 0.195. The molecule has 1 aliphatic heterocycles. The number of benzene rings is 3. The van der Waals surface area contributed by atoms with E-state index >= 15 is 0 Å². The number of nitrogens with zero attached hydrogens (tertiary/aromatic N) is 1. The number of rotatable bonds is 10. The molecule has 0 aromatic heterocycles. The van der Waals surface area contributed by atoms with E-state index in [0.717, 1.165) is 61.9 Å². The Kier molecular flexibility index (Phi) is 9.49. The van der Waals surface area contributed by atoms with Crippen molar-refractivity contribution in [2.45, 2.75) is 25.8 Å². The van der Waals surface area contributed by atoms with Gasteiger partial charge in [-0.05, 0) is 71.8 Å². The van der Waals surface area contributed by atoms with Gasteiger partial charge in [0, 0.05) is 19.6 Å². The predicted octanol–water partition coefficient (Wildman–Crippen LogP) is 5.36. The lowest BCUT2D eigenvalue weighted by Crippen LogP contribution is -2.34. The van der Waals surface area contributed by atoms with Crippen molar-refractivity contribution < 1.29 is 18.9 Å². The zero-order valence-electron chi connectivity index (χ0n) is 20.2. The zero-order chi connectivity index (χ0) is 23.0. The van der Waals surface area contributed by atoms with Gasteiger partial charge < -0.3 is 18.9 Å². The molecule has 0 amide bonds. The Hall–Kier alpha value is -2.89. The third-order valence-corrected chi connectivity index (χ3v) is 6.25. The van der Waals surface area contributed by atoms with Crippen molar-refractivity contribution in [3.05, 3.63) is 82.9 Å². The maximum absolute atomic E-state index is 6.23. The van der Waals surface area contributed by atoms with Crippen LogP contribution in [-0.4, -0.2) is 45.9 Å². The number of fused-ring (bicyclic) bond motifs is 1. The second-order valence-electron chi connectivity index (χ2n) is 8.31. The van der Waals surface area contributed by atoms with Crippen LogP contribution in [0, 0.1) is 0 Å². The van der Waals surface area contributed by atoms with Crippen molar-refractivity contribution in [2.24, 2.45) is 0 Å². The van der Waals surface area contributed by atoms with E-state index in [2.05, 4.69) is 47.4 Å². The van der Waals surface area contributed by atoms with Crippen molar-refractivity contribution in [1.29, 1.82) is 0 Å². The van der Waals surface area contributed by atoms with Crippen LogP contribution >= 0.6 is 12.4 Å². The van der Waals surface area contributed by atoms with E-state index in [4.69, 9.17) is 18.9 Å². The summed E-state index contributed by atoms with van der Waals surface area (Å²) in [7, 11) is 5.08. The maximum atomic E-state index is 6.23. The number of ether oxygens (including phenoxy) is 4. The molecule has 0 N–H and O–H groups in total. The molecule has 34 heavy (non-hydrogen) atoms. The maximum Gasteiger partial charge on any atom is 0.161 e. The molecule has 0 radical (unpaired) electrons. The molecular weight excluding hydrogens is 450 g/mol. The zero-order valence-corrected chi connectivity index (χ0v) is 21.0. The molecule has 1 aliphatic rings. The van der Waals surface area contributed by atoms with Gasteiger partial charge in [-0.2, -0.15) is 0 Å². The van der Waals surface area contributed by atoms with Gasteiger partial charge in [0.15, 0.2) is 11.5 Å². The van der Waals surface area contributed by atoms with Crippen molar-refractivity contribution in [1.82, 2.24) is 4.90 Å². The number of para-hydroxylation sites is 1. The van der Waals surface area contributed by atoms with Crippen LogP contribution < -0.4 is 18.9 Å². The standard InChI is InChI=1S/C28H33NO4.ClH/c1-30-25-9-6-7-21(17-25)11-12-22-8-4-5-10-26(22)33-16-15-29-14-13-23-18-27(31-2)28(32-3)19-24(23)20-29;/h4-10,17-19H,11-16,20H2,1-3H3;1H. The summed E-state index contributed by atoms with van der Waals surface area (Å²) < 4.78 is 22.5. The van der Waals surface area contributed by atoms with Gasteiger partial charge in [0.1, 0.15) is 18.1 Å². The molecule has 1 heterocycles. The van der Waals surface area contributed by atoms with Gasteiger partial charge in [-0.3, -0.25) is 4.90 Å². The summed E-state index contributed by atoms with van der Waals surface area (Å²) in [5.41, 5.74) is 5.15. The third kappa shape index (κ3) is 6.37. The molecule has 0 unspecified atom stereocenters. The van der Waals surface area contributed by atoms with Crippen LogP contribution in [0.3, 0.4) is 0 Å². The van der Waals surface area contributed by atoms with Gasteiger partial charge in [0.05, 0.1) is 21.3 Å². The lowest BCUT2D eigenvalue weighted by atomic mass is 9.99. The largest absolute Gasteiger partial charge is 0.497 e. The second kappa shape index (κ2) is 12.5. The molecule has 6 heteroatoms. The molecule has 0 spiro atoms. The predicted molar refractivity (Wildman–Crippen MR) is 138 cm³/mol. The van der Waals surface area contributed by atoms with E-state index in [1.54, 1.807) is 21.3 Å². The van der Waals surface area contributed by atoms with Gasteiger partial charge in [-0.15, -0.1) is 12.4 Å². The molecule has 3 aromatic carbocycles. The van der Waals surface area contributed by atoms with E-state index in [9.17, 15) is 0 Å². The summed E-state index contributed by atoms with van der Waals surface area (Å²) in [6.07, 6.45) is 2.89. The van der Waals surface area contributed by atoms with Crippen LogP contribution in [0.25, 0.3) is 0 Å². The second-order valence-corrected chi connectivity index (χ2v) is 8.31. The van der Waals surface area contributed by atoms with E-state index in [1.165, 1.54) is 22.3 Å². The first kappa shape index (κ1) is 25.7. The molecule has 0 bridgehead atoms. The molecule has 0 fully saturated rings. The summed E-state index contributed by atoms with van der Waals surface area (Å²) in [4.78, 5) is 2.44. The van der Waals surface area contributed by atoms with Crippen LogP contribution in [-0.2, 0) is 25.8 Å². The minimum absolute atomic E-state index is 0. The first-order valence-corrected chi connectivity index (χ1v) is 11.5. The minimum atomic E-state index is 0. The number of methoxy groups -OCH3 is 3. The Bertz CT molecular complexity index is 1070. The topological polar surface area (TPSA) is 40.2 Å². The smallest absolute Gasteiger partial charge is 0.161 e. The highest BCUT2D eigenvalue weighted by Gasteiger charge is 2.19. The molecule has 0 atom stereocenters. The van der Waals surface area contributed by atoms with Gasteiger partial charge in [-0.25, -0.2) is 0 Å². The third-order valence-electron chi connectivity index (χ3n) is 6.25. The van der Waals surface area contributed by atoms with Crippen molar-refractivity contribution in [3.8, 4) is 23.0 Å². The summed E-state index contributed by atoms with van der Waals surface area (Å²) in [6.45, 7) is 3.47. The summed E-state index contributed by atoms with van der Waals surface area (Å²) in [5, 5.41) is 0. The van der Waals surface area contributed by atoms with Crippen LogP contribution in [0.15, 0.2) is 60.7 Å². The molecule has 0 saturated carbocycles. The molecule has 0 saturated heterocycles. The fourth-order valence-corrected chi connectivity index (χ4v) is 4.38. The highest BCUT2D eigenvalue weighted by molar-refractivity contribution is 5.85. The summed E-state index contributed by atoms with van der Waals surface area (Å²) in [6, 6.07) is 20.8. The van der Waals surface area contributed by atoms with Crippen LogP contribution in [0.2, 0.25) is 0 Å². The van der Waals surface area contributed by atoms with Crippen molar-refractivity contribution in [2.75, 3.05) is 41.0 Å². The monoisotopic (exact) mass is 483 g/mol. The summed E-state index contributed by atoms with van der Waals surface area (Å²) in [5.74, 6) is 3.47. The Morgan fingerprint density at radius 2 is 1.53 bits per heavy atom. The number of halogens is 1. The number of aryl methyl sites for hydroxylation is 2. The molecule has 0 aliphatic carbocycles. The SMILES string of the molecule is COc1cccc(CCc2ccccc2OCCN2CCc3cc(OC)c(OC)cc3C2)c1.Cl. The first-order valence-electron chi connectivity index (χ1n) is 11.5. The van der Waals surface area contributed by atoms with E-state index in [1.807, 2.05) is 18.2 Å². The Labute approximate surface area is 209 Å². The van der Waals surface area contributed by atoms with Gasteiger partial charge >= 0.3 is 0 Å². The Morgan fingerprint density at radius 3 is 2.29 bits per heavy atom. The van der Waals surface area contributed by atoms with Crippen LogP contribution in [0.1, 0.15) is 22.3 Å². The Balaban J connectivity index is 0.00000324. The highest BCUT2D eigenvalue weighted by Crippen LogP contribution is 2.33. The molecule has 182 valence electrons. The van der Waals surface area contributed by atoms with E-state index in [0.29, 0.717) is 6.61 Å². The normalized spacial score (nSPS) is 12.9. The minimum Gasteiger partial charge on any atom is -0.497 e. The fraction of sp³-hybridized carbons (Fsp3) is 0.357. The number of hydrogen-bond donors (Lipinski definition) is 0. The molecule has 5 nitrogen and oxygen atoms in total. The van der Waals surface area contributed by atoms with Crippen molar-refractivity contribution >= 4 is 12.4 Å². The molecule has 3 aromatic rings. The molecule has 4 rings (SSSR count). The average Bonchev–Trinajstić information content (AvgIpc) is 2.87. The number of hydrogen-bond acceptors (Lipinski definition) is 5. The van der Waals surface area contributed by atoms with Gasteiger partial charge in [-0.1, -0.05) is 30.3 Å². The van der Waals surface area contributed by atoms with E-state index < -0.39 is 0 Å². The lowest BCUT2D eigenvalue weighted by Gasteiger charge is -2.29. The fourth-order valence-electron chi connectivity index (χ4n) is 4.38. The van der Waals surface area contributed by atoms with Crippen LogP contribution in [0.4, 0.5) is 0 Å².